The van der Waals surface area contributed by atoms with Crippen molar-refractivity contribution < 1.29 is 8.42 Å². The number of rotatable bonds is 1. The van der Waals surface area contributed by atoms with Crippen LogP contribution in [-0.2, 0) is 15.5 Å². The van der Waals surface area contributed by atoms with Crippen LogP contribution >= 0.6 is 10.7 Å². The summed E-state index contributed by atoms with van der Waals surface area (Å²) in [6.07, 6.45) is 0.545. The average molecular weight is 231 g/mol. The number of hydrogen-bond acceptors (Lipinski definition) is 2. The van der Waals surface area contributed by atoms with Gasteiger partial charge in [0.15, 0.2) is 0 Å². The average Bonchev–Trinajstić information content (AvgIpc) is 2.44. The second-order valence-electron chi connectivity index (χ2n) is 3.71. The normalized spacial score (nSPS) is 26.1. The van der Waals surface area contributed by atoms with Gasteiger partial charge in [0.1, 0.15) is 0 Å². The summed E-state index contributed by atoms with van der Waals surface area (Å²) in [5.74, 6) is 0.00806. The predicted octanol–water partition coefficient (Wildman–Crippen LogP) is 2.28. The monoisotopic (exact) mass is 230 g/mol. The molecule has 0 N–H and O–H groups in total. The van der Waals surface area contributed by atoms with Crippen molar-refractivity contribution in [1.29, 1.82) is 0 Å². The standard InChI is InChI=1S/C10H11ClO2S/c1-7-9-5-3-2-4-8(9)6-10(7)14(11,12)13/h2-5,7,10H,6H2,1H3. The molecule has 2 unspecified atom stereocenters. The molecule has 0 saturated heterocycles. The van der Waals surface area contributed by atoms with Crippen LogP contribution in [0.4, 0.5) is 0 Å². The van der Waals surface area contributed by atoms with Crippen molar-refractivity contribution in [3.63, 3.8) is 0 Å². The Labute approximate surface area is 88.3 Å². The van der Waals surface area contributed by atoms with E-state index in [1.807, 2.05) is 31.2 Å². The third-order valence-electron chi connectivity index (χ3n) is 2.89. The molecular formula is C10H11ClO2S. The highest BCUT2D eigenvalue weighted by Crippen LogP contribution is 2.37. The lowest BCUT2D eigenvalue weighted by Crippen LogP contribution is -2.19. The zero-order valence-corrected chi connectivity index (χ0v) is 9.35. The second-order valence-corrected chi connectivity index (χ2v) is 6.55. The van der Waals surface area contributed by atoms with Gasteiger partial charge in [-0.1, -0.05) is 31.2 Å². The first-order valence-corrected chi connectivity index (χ1v) is 6.88. The van der Waals surface area contributed by atoms with Gasteiger partial charge in [-0.25, -0.2) is 8.42 Å². The van der Waals surface area contributed by atoms with Crippen LogP contribution in [0.25, 0.3) is 0 Å². The van der Waals surface area contributed by atoms with Crippen LogP contribution in [0.3, 0.4) is 0 Å². The maximum Gasteiger partial charge on any atom is 0.236 e. The van der Waals surface area contributed by atoms with E-state index in [0.717, 1.165) is 11.1 Å². The lowest BCUT2D eigenvalue weighted by molar-refractivity contribution is 0.584. The maximum absolute atomic E-state index is 11.3. The molecule has 0 saturated carbocycles. The topological polar surface area (TPSA) is 34.1 Å². The minimum Gasteiger partial charge on any atom is -0.212 e. The Morgan fingerprint density at radius 1 is 1.36 bits per heavy atom. The quantitative estimate of drug-likeness (QED) is 0.694. The van der Waals surface area contributed by atoms with Crippen molar-refractivity contribution in [2.24, 2.45) is 0 Å². The molecule has 1 aromatic carbocycles. The van der Waals surface area contributed by atoms with E-state index in [9.17, 15) is 8.42 Å². The lowest BCUT2D eigenvalue weighted by atomic mass is 10.0. The zero-order chi connectivity index (χ0) is 10.3. The first kappa shape index (κ1) is 9.99. The summed E-state index contributed by atoms with van der Waals surface area (Å²) in [4.78, 5) is 0. The van der Waals surface area contributed by atoms with Crippen LogP contribution in [0.5, 0.6) is 0 Å². The van der Waals surface area contributed by atoms with E-state index in [1.54, 1.807) is 0 Å². The van der Waals surface area contributed by atoms with Crippen molar-refractivity contribution in [3.8, 4) is 0 Å². The Morgan fingerprint density at radius 2 is 2.00 bits per heavy atom. The van der Waals surface area contributed by atoms with Crippen molar-refractivity contribution in [2.45, 2.75) is 24.5 Å². The summed E-state index contributed by atoms with van der Waals surface area (Å²) in [6, 6.07) is 7.79. The van der Waals surface area contributed by atoms with Crippen LogP contribution in [0.1, 0.15) is 24.0 Å². The maximum atomic E-state index is 11.3. The van der Waals surface area contributed by atoms with Crippen LogP contribution < -0.4 is 0 Å². The van der Waals surface area contributed by atoms with Gasteiger partial charge in [-0.3, -0.25) is 0 Å². The highest BCUT2D eigenvalue weighted by molar-refractivity contribution is 8.14. The minimum atomic E-state index is -3.45. The third-order valence-corrected chi connectivity index (χ3v) is 4.87. The first-order valence-electron chi connectivity index (χ1n) is 4.51. The van der Waals surface area contributed by atoms with Crippen LogP contribution in [0.2, 0.25) is 0 Å². The van der Waals surface area contributed by atoms with Gasteiger partial charge in [-0.05, 0) is 23.5 Å². The molecule has 0 aliphatic heterocycles. The first-order chi connectivity index (χ1) is 6.50. The number of fused-ring (bicyclic) bond motifs is 1. The van der Waals surface area contributed by atoms with Gasteiger partial charge in [0.25, 0.3) is 0 Å². The highest BCUT2D eigenvalue weighted by atomic mass is 35.7. The molecule has 2 rings (SSSR count). The van der Waals surface area contributed by atoms with Crippen LogP contribution in [0, 0.1) is 0 Å². The fraction of sp³-hybridized carbons (Fsp3) is 0.400. The van der Waals surface area contributed by atoms with Gasteiger partial charge >= 0.3 is 0 Å². The Hall–Kier alpha value is -0.540. The summed E-state index contributed by atoms with van der Waals surface area (Å²) in [5, 5.41) is -0.457. The number of hydrogen-bond donors (Lipinski definition) is 0. The van der Waals surface area contributed by atoms with E-state index in [2.05, 4.69) is 0 Å². The third kappa shape index (κ3) is 1.55. The molecule has 0 bridgehead atoms. The van der Waals surface area contributed by atoms with E-state index in [-0.39, 0.29) is 5.92 Å². The van der Waals surface area contributed by atoms with Gasteiger partial charge in [0.2, 0.25) is 9.05 Å². The summed E-state index contributed by atoms with van der Waals surface area (Å²) in [5.41, 5.74) is 2.22. The predicted molar refractivity (Wildman–Crippen MR) is 57.1 cm³/mol. The van der Waals surface area contributed by atoms with Crippen LogP contribution in [0.15, 0.2) is 24.3 Å². The molecule has 0 heterocycles. The second kappa shape index (κ2) is 3.24. The molecule has 0 radical (unpaired) electrons. The molecule has 1 aromatic rings. The molecule has 2 nitrogen and oxygen atoms in total. The molecule has 0 fully saturated rings. The van der Waals surface area contributed by atoms with Crippen LogP contribution in [-0.4, -0.2) is 13.7 Å². The summed E-state index contributed by atoms with van der Waals surface area (Å²) < 4.78 is 22.6. The Morgan fingerprint density at radius 3 is 2.57 bits per heavy atom. The van der Waals surface area contributed by atoms with Gasteiger partial charge in [0, 0.05) is 10.7 Å². The fourth-order valence-corrected chi connectivity index (χ4v) is 3.77. The molecule has 0 amide bonds. The summed E-state index contributed by atoms with van der Waals surface area (Å²) >= 11 is 0. The van der Waals surface area contributed by atoms with Crippen molar-refractivity contribution in [2.75, 3.05) is 0 Å². The largest absolute Gasteiger partial charge is 0.236 e. The van der Waals surface area contributed by atoms with E-state index in [4.69, 9.17) is 10.7 Å². The van der Waals surface area contributed by atoms with E-state index < -0.39 is 14.3 Å². The van der Waals surface area contributed by atoms with Crippen molar-refractivity contribution in [1.82, 2.24) is 0 Å². The molecular weight excluding hydrogens is 220 g/mol. The van der Waals surface area contributed by atoms with E-state index >= 15 is 0 Å². The van der Waals surface area contributed by atoms with Crippen molar-refractivity contribution >= 4 is 19.7 Å². The zero-order valence-electron chi connectivity index (χ0n) is 7.77. The Balaban J connectivity index is 2.44. The summed E-state index contributed by atoms with van der Waals surface area (Å²) in [6.45, 7) is 1.91. The molecule has 4 heteroatoms. The highest BCUT2D eigenvalue weighted by Gasteiger charge is 2.36. The molecule has 14 heavy (non-hydrogen) atoms. The molecule has 0 spiro atoms. The molecule has 76 valence electrons. The summed E-state index contributed by atoms with van der Waals surface area (Å²) in [7, 11) is 1.95. The Bertz CT molecular complexity index is 453. The number of benzene rings is 1. The number of halogens is 1. The van der Waals surface area contributed by atoms with E-state index in [0.29, 0.717) is 6.42 Å². The molecule has 1 aliphatic carbocycles. The SMILES string of the molecule is CC1c2ccccc2CC1S(=O)(=O)Cl. The molecule has 1 aliphatic rings. The fourth-order valence-electron chi connectivity index (χ4n) is 2.10. The lowest BCUT2D eigenvalue weighted by Gasteiger charge is -2.11. The van der Waals surface area contributed by atoms with E-state index in [1.165, 1.54) is 0 Å². The van der Waals surface area contributed by atoms with Gasteiger partial charge < -0.3 is 0 Å². The molecule has 2 atom stereocenters. The van der Waals surface area contributed by atoms with Gasteiger partial charge in [-0.15, -0.1) is 0 Å². The van der Waals surface area contributed by atoms with Crippen molar-refractivity contribution in [3.05, 3.63) is 35.4 Å². The molecule has 0 aromatic heterocycles. The smallest absolute Gasteiger partial charge is 0.212 e. The Kier molecular flexibility index (Phi) is 2.32. The minimum absolute atomic E-state index is 0.00806. The van der Waals surface area contributed by atoms with Gasteiger partial charge in [-0.2, -0.15) is 0 Å². The van der Waals surface area contributed by atoms with Gasteiger partial charge in [0.05, 0.1) is 5.25 Å².